The molecule has 5 heteroatoms. The third-order valence-corrected chi connectivity index (χ3v) is 2.73. The molecule has 0 aromatic heterocycles. The van der Waals surface area contributed by atoms with Crippen LogP contribution in [-0.4, -0.2) is 36.7 Å². The largest absolute Gasteiger partial charge is 0.481 e. The van der Waals surface area contributed by atoms with E-state index in [0.717, 1.165) is 6.42 Å². The molecule has 0 atom stereocenters. The number of rotatable bonds is 10. The number of aliphatic carboxylic acids is 1. The van der Waals surface area contributed by atoms with Gasteiger partial charge in [0, 0.05) is 19.6 Å². The summed E-state index contributed by atoms with van der Waals surface area (Å²) in [7, 11) is 0. The summed E-state index contributed by atoms with van der Waals surface area (Å²) in [5.41, 5.74) is 1.24. The lowest BCUT2D eigenvalue weighted by Gasteiger charge is -2.05. The summed E-state index contributed by atoms with van der Waals surface area (Å²) in [6.45, 7) is 1.37. The highest BCUT2D eigenvalue weighted by Crippen LogP contribution is 2.00. The van der Waals surface area contributed by atoms with Gasteiger partial charge in [0.05, 0.1) is 13.0 Å². The number of amides is 1. The zero-order valence-electron chi connectivity index (χ0n) is 11.5. The number of hydrogen-bond acceptors (Lipinski definition) is 3. The zero-order chi connectivity index (χ0) is 14.6. The number of nitrogens with one attached hydrogen (secondary N) is 1. The van der Waals surface area contributed by atoms with Gasteiger partial charge in [-0.15, -0.1) is 0 Å². The molecule has 1 aromatic rings. The van der Waals surface area contributed by atoms with Crippen LogP contribution in [-0.2, 0) is 20.7 Å². The van der Waals surface area contributed by atoms with Crippen molar-refractivity contribution in [3.05, 3.63) is 35.9 Å². The summed E-state index contributed by atoms with van der Waals surface area (Å²) < 4.78 is 5.46. The Labute approximate surface area is 118 Å². The fourth-order valence-electron chi connectivity index (χ4n) is 1.67. The van der Waals surface area contributed by atoms with Crippen molar-refractivity contribution >= 4 is 11.9 Å². The van der Waals surface area contributed by atoms with Gasteiger partial charge >= 0.3 is 5.97 Å². The van der Waals surface area contributed by atoms with Crippen LogP contribution < -0.4 is 5.32 Å². The third-order valence-electron chi connectivity index (χ3n) is 2.73. The maximum Gasteiger partial charge on any atom is 0.305 e. The quantitative estimate of drug-likeness (QED) is 0.638. The van der Waals surface area contributed by atoms with Crippen molar-refractivity contribution in [3.8, 4) is 0 Å². The first-order chi connectivity index (χ1) is 9.68. The van der Waals surface area contributed by atoms with Gasteiger partial charge in [-0.2, -0.15) is 0 Å². The molecule has 5 nitrogen and oxygen atoms in total. The van der Waals surface area contributed by atoms with E-state index in [-0.39, 0.29) is 18.9 Å². The van der Waals surface area contributed by atoms with Crippen LogP contribution in [0, 0.1) is 0 Å². The number of carboxylic acids is 1. The van der Waals surface area contributed by atoms with Crippen LogP contribution in [0.15, 0.2) is 30.3 Å². The molecule has 0 spiro atoms. The molecule has 0 bridgehead atoms. The van der Waals surface area contributed by atoms with Gasteiger partial charge < -0.3 is 15.2 Å². The van der Waals surface area contributed by atoms with Gasteiger partial charge in [-0.25, -0.2) is 0 Å². The van der Waals surface area contributed by atoms with Crippen molar-refractivity contribution in [1.82, 2.24) is 5.32 Å². The summed E-state index contributed by atoms with van der Waals surface area (Å²) in [6, 6.07) is 10.1. The predicted octanol–water partition coefficient (Wildman–Crippen LogP) is 1.62. The Hall–Kier alpha value is -1.88. The normalized spacial score (nSPS) is 10.2. The van der Waals surface area contributed by atoms with Gasteiger partial charge in [0.1, 0.15) is 0 Å². The molecular weight excluding hydrogens is 258 g/mol. The molecule has 0 heterocycles. The van der Waals surface area contributed by atoms with Crippen molar-refractivity contribution in [2.24, 2.45) is 0 Å². The van der Waals surface area contributed by atoms with E-state index in [1.54, 1.807) is 0 Å². The molecule has 0 radical (unpaired) electrons. The third kappa shape index (κ3) is 8.26. The van der Waals surface area contributed by atoms with Crippen LogP contribution in [0.3, 0.4) is 0 Å². The minimum atomic E-state index is -0.908. The molecule has 0 unspecified atom stereocenters. The number of carboxylic acid groups (broad SMARTS) is 1. The second kappa shape index (κ2) is 9.97. The average molecular weight is 279 g/mol. The van der Waals surface area contributed by atoms with Gasteiger partial charge in [-0.05, 0) is 18.4 Å². The van der Waals surface area contributed by atoms with Crippen molar-refractivity contribution in [2.45, 2.75) is 25.7 Å². The van der Waals surface area contributed by atoms with E-state index in [1.165, 1.54) is 5.56 Å². The maximum atomic E-state index is 11.3. The molecular formula is C15H21NO4. The lowest BCUT2D eigenvalue weighted by atomic mass is 10.2. The van der Waals surface area contributed by atoms with E-state index in [1.807, 2.05) is 18.2 Å². The molecule has 1 amide bonds. The van der Waals surface area contributed by atoms with E-state index >= 15 is 0 Å². The minimum Gasteiger partial charge on any atom is -0.481 e. The zero-order valence-corrected chi connectivity index (χ0v) is 11.5. The number of benzene rings is 1. The minimum absolute atomic E-state index is 0.0423. The van der Waals surface area contributed by atoms with Gasteiger partial charge in [0.15, 0.2) is 0 Å². The molecule has 0 aliphatic carbocycles. The summed E-state index contributed by atoms with van der Waals surface area (Å²) in [4.78, 5) is 21.6. The molecule has 110 valence electrons. The molecule has 0 fully saturated rings. The summed E-state index contributed by atoms with van der Waals surface area (Å²) in [6.07, 6.45) is 1.84. The lowest BCUT2D eigenvalue weighted by molar-refractivity contribution is -0.136. The first kappa shape index (κ1) is 16.2. The Kier molecular flexibility index (Phi) is 8.07. The Morgan fingerprint density at radius 2 is 1.85 bits per heavy atom. The fourth-order valence-corrected chi connectivity index (χ4v) is 1.67. The highest BCUT2D eigenvalue weighted by atomic mass is 16.5. The molecule has 0 saturated heterocycles. The number of carbonyl (C=O) groups excluding carboxylic acids is 1. The average Bonchev–Trinajstić information content (AvgIpc) is 2.43. The Morgan fingerprint density at radius 1 is 1.10 bits per heavy atom. The highest BCUT2D eigenvalue weighted by molar-refractivity contribution is 5.76. The fraction of sp³-hybridized carbons (Fsp3) is 0.467. The summed E-state index contributed by atoms with van der Waals surface area (Å²) in [5.74, 6) is -1.03. The number of ether oxygens (including phenoxy) is 1. The number of carbonyl (C=O) groups is 2. The van der Waals surface area contributed by atoms with Gasteiger partial charge in [0.2, 0.25) is 5.91 Å². The van der Waals surface area contributed by atoms with Gasteiger partial charge in [-0.3, -0.25) is 9.59 Å². The maximum absolute atomic E-state index is 11.3. The SMILES string of the molecule is O=C(O)CCNC(=O)CCCOCCc1ccccc1. The van der Waals surface area contributed by atoms with E-state index in [9.17, 15) is 9.59 Å². The van der Waals surface area contributed by atoms with Gasteiger partial charge in [0.25, 0.3) is 0 Å². The van der Waals surface area contributed by atoms with Crippen molar-refractivity contribution in [1.29, 1.82) is 0 Å². The topological polar surface area (TPSA) is 75.6 Å². The Bertz CT molecular complexity index is 406. The molecule has 2 N–H and O–H groups in total. The van der Waals surface area contributed by atoms with Crippen LogP contribution in [0.2, 0.25) is 0 Å². The summed E-state index contributed by atoms with van der Waals surface area (Å²) in [5, 5.41) is 11.0. The van der Waals surface area contributed by atoms with Crippen molar-refractivity contribution in [2.75, 3.05) is 19.8 Å². The van der Waals surface area contributed by atoms with Gasteiger partial charge in [-0.1, -0.05) is 30.3 Å². The smallest absolute Gasteiger partial charge is 0.305 e. The standard InChI is InChI=1S/C15H21NO4/c17-14(16-10-8-15(18)19)7-4-11-20-12-9-13-5-2-1-3-6-13/h1-3,5-6H,4,7-12H2,(H,16,17)(H,18,19). The first-order valence-corrected chi connectivity index (χ1v) is 6.78. The van der Waals surface area contributed by atoms with Crippen LogP contribution in [0.4, 0.5) is 0 Å². The van der Waals surface area contributed by atoms with E-state index in [2.05, 4.69) is 17.4 Å². The highest BCUT2D eigenvalue weighted by Gasteiger charge is 2.02. The molecule has 1 aromatic carbocycles. The second-order valence-corrected chi connectivity index (χ2v) is 4.45. The molecule has 0 saturated carbocycles. The van der Waals surface area contributed by atoms with Crippen LogP contribution in [0.25, 0.3) is 0 Å². The number of hydrogen-bond donors (Lipinski definition) is 2. The Balaban J connectivity index is 1.94. The summed E-state index contributed by atoms with van der Waals surface area (Å²) >= 11 is 0. The first-order valence-electron chi connectivity index (χ1n) is 6.78. The van der Waals surface area contributed by atoms with E-state index < -0.39 is 5.97 Å². The molecule has 20 heavy (non-hydrogen) atoms. The Morgan fingerprint density at radius 3 is 2.55 bits per heavy atom. The second-order valence-electron chi connectivity index (χ2n) is 4.45. The molecule has 1 rings (SSSR count). The monoisotopic (exact) mass is 279 g/mol. The predicted molar refractivity (Wildman–Crippen MR) is 75.5 cm³/mol. The van der Waals surface area contributed by atoms with Crippen LogP contribution >= 0.6 is 0 Å². The molecule has 0 aliphatic heterocycles. The van der Waals surface area contributed by atoms with Crippen LogP contribution in [0.1, 0.15) is 24.8 Å². The van der Waals surface area contributed by atoms with Crippen molar-refractivity contribution in [3.63, 3.8) is 0 Å². The van der Waals surface area contributed by atoms with E-state index in [4.69, 9.17) is 9.84 Å². The molecule has 0 aliphatic rings. The van der Waals surface area contributed by atoms with Crippen LogP contribution in [0.5, 0.6) is 0 Å². The van der Waals surface area contributed by atoms with E-state index in [0.29, 0.717) is 26.1 Å². The lowest BCUT2D eigenvalue weighted by Crippen LogP contribution is -2.25. The van der Waals surface area contributed by atoms with Crippen molar-refractivity contribution < 1.29 is 19.4 Å².